The van der Waals surface area contributed by atoms with E-state index in [1.54, 1.807) is 4.90 Å². The summed E-state index contributed by atoms with van der Waals surface area (Å²) in [6.07, 6.45) is 0.1000. The van der Waals surface area contributed by atoms with Gasteiger partial charge in [0, 0.05) is 39.3 Å². The number of fused-ring (bicyclic) bond motifs is 1. The Kier molecular flexibility index (Phi) is 7.85. The number of carbonyl (C=O) groups is 1. The van der Waals surface area contributed by atoms with Gasteiger partial charge in [0.1, 0.15) is 10.8 Å². The van der Waals surface area contributed by atoms with Crippen molar-refractivity contribution in [3.8, 4) is 0 Å². The first-order valence-electron chi connectivity index (χ1n) is 12.5. The number of carbonyl (C=O) groups excluding carboxylic acids is 1. The maximum absolute atomic E-state index is 13.2. The third-order valence-corrected chi connectivity index (χ3v) is 9.47. The van der Waals surface area contributed by atoms with Crippen molar-refractivity contribution < 1.29 is 22.3 Å². The lowest BCUT2D eigenvalue weighted by molar-refractivity contribution is -0.129. The lowest BCUT2D eigenvalue weighted by Gasteiger charge is -2.36. The summed E-state index contributed by atoms with van der Waals surface area (Å²) in [6, 6.07) is 12.5. The fraction of sp³-hybridized carbons (Fsp3) is 0.423. The smallest absolute Gasteiger partial charge is 0.243 e. The van der Waals surface area contributed by atoms with Crippen LogP contribution in [0.4, 0.5) is 10.2 Å². The van der Waals surface area contributed by atoms with Crippen molar-refractivity contribution in [3.63, 3.8) is 0 Å². The number of amides is 1. The zero-order chi connectivity index (χ0) is 26.9. The molecule has 1 aromatic heterocycles. The fourth-order valence-electron chi connectivity index (χ4n) is 4.78. The van der Waals surface area contributed by atoms with Crippen molar-refractivity contribution >= 4 is 44.5 Å². The standard InChI is InChI=1S/C26H30FN5O4S2/c1-18-15-31(16-19(2)36-18)25-26(29-23-6-4-3-5-22(23)28-25)37-17-24(33)30-11-13-32(14-12-30)38(34,35)21-9-7-20(27)8-10-21/h3-10,18-19H,11-17H2,1-2H3/t18-,19-/m0/s1. The maximum Gasteiger partial charge on any atom is 0.243 e. The van der Waals surface area contributed by atoms with E-state index in [0.29, 0.717) is 18.1 Å². The number of nitrogens with zero attached hydrogens (tertiary/aromatic N) is 5. The van der Waals surface area contributed by atoms with Crippen molar-refractivity contribution in [1.29, 1.82) is 0 Å². The van der Waals surface area contributed by atoms with E-state index in [-0.39, 0.29) is 54.9 Å². The zero-order valence-corrected chi connectivity index (χ0v) is 22.9. The number of anilines is 1. The van der Waals surface area contributed by atoms with E-state index in [2.05, 4.69) is 4.90 Å². The van der Waals surface area contributed by atoms with Gasteiger partial charge in [-0.15, -0.1) is 0 Å². The molecule has 0 unspecified atom stereocenters. The maximum atomic E-state index is 13.2. The Hall–Kier alpha value is -2.80. The van der Waals surface area contributed by atoms with Crippen molar-refractivity contribution in [2.75, 3.05) is 49.9 Å². The lowest BCUT2D eigenvalue weighted by atomic mass is 10.2. The number of hydrogen-bond donors (Lipinski definition) is 0. The van der Waals surface area contributed by atoms with Gasteiger partial charge >= 0.3 is 0 Å². The Morgan fingerprint density at radius 2 is 1.58 bits per heavy atom. The van der Waals surface area contributed by atoms with Gasteiger partial charge in [-0.05, 0) is 50.2 Å². The third kappa shape index (κ3) is 5.78. The number of piperazine rings is 1. The minimum absolute atomic E-state index is 0.0448. The van der Waals surface area contributed by atoms with Crippen molar-refractivity contribution in [2.24, 2.45) is 0 Å². The summed E-state index contributed by atoms with van der Waals surface area (Å²) < 4.78 is 46.2. The summed E-state index contributed by atoms with van der Waals surface area (Å²) in [7, 11) is -3.74. The second kappa shape index (κ2) is 11.1. The van der Waals surface area contributed by atoms with Crippen LogP contribution in [0.25, 0.3) is 11.0 Å². The van der Waals surface area contributed by atoms with Gasteiger partial charge in [-0.2, -0.15) is 4.31 Å². The molecule has 2 aliphatic heterocycles. The van der Waals surface area contributed by atoms with E-state index in [0.717, 1.165) is 29.0 Å². The van der Waals surface area contributed by atoms with Crippen LogP contribution in [0.5, 0.6) is 0 Å². The quantitative estimate of drug-likeness (QED) is 0.426. The monoisotopic (exact) mass is 559 g/mol. The average Bonchev–Trinajstić information content (AvgIpc) is 2.91. The van der Waals surface area contributed by atoms with Crippen LogP contribution in [0.2, 0.25) is 0 Å². The minimum Gasteiger partial charge on any atom is -0.372 e. The Bertz CT molecular complexity index is 1400. The highest BCUT2D eigenvalue weighted by molar-refractivity contribution is 8.00. The molecule has 2 atom stereocenters. The summed E-state index contributed by atoms with van der Waals surface area (Å²) in [5.41, 5.74) is 1.56. The van der Waals surface area contributed by atoms with Gasteiger partial charge in [-0.3, -0.25) is 4.79 Å². The molecule has 202 valence electrons. The number of hydrogen-bond acceptors (Lipinski definition) is 8. The molecule has 9 nitrogen and oxygen atoms in total. The van der Waals surface area contributed by atoms with Gasteiger partial charge in [0.05, 0.1) is 33.9 Å². The summed E-state index contributed by atoms with van der Waals surface area (Å²) in [5, 5.41) is 0.691. The third-order valence-electron chi connectivity index (χ3n) is 6.62. The normalized spacial score (nSPS) is 21.1. The summed E-state index contributed by atoms with van der Waals surface area (Å²) in [6.45, 7) is 6.37. The van der Waals surface area contributed by atoms with E-state index in [9.17, 15) is 17.6 Å². The molecule has 0 aliphatic carbocycles. The van der Waals surface area contributed by atoms with Crippen LogP contribution in [0.1, 0.15) is 13.8 Å². The number of benzene rings is 2. The first-order valence-corrected chi connectivity index (χ1v) is 15.0. The predicted octanol–water partition coefficient (Wildman–Crippen LogP) is 3.01. The van der Waals surface area contributed by atoms with E-state index in [1.807, 2.05) is 38.1 Å². The van der Waals surface area contributed by atoms with E-state index < -0.39 is 15.8 Å². The Labute approximate surface area is 226 Å². The highest BCUT2D eigenvalue weighted by Gasteiger charge is 2.31. The van der Waals surface area contributed by atoms with Gasteiger partial charge in [-0.25, -0.2) is 22.8 Å². The number of para-hydroxylation sites is 2. The lowest BCUT2D eigenvalue weighted by Crippen LogP contribution is -2.51. The van der Waals surface area contributed by atoms with Crippen LogP contribution < -0.4 is 4.90 Å². The van der Waals surface area contributed by atoms with Crippen molar-refractivity contribution in [1.82, 2.24) is 19.2 Å². The average molecular weight is 560 g/mol. The number of morpholine rings is 1. The molecule has 3 aromatic rings. The molecule has 1 amide bonds. The Balaban J connectivity index is 1.26. The van der Waals surface area contributed by atoms with Crippen LogP contribution in [0, 0.1) is 5.82 Å². The van der Waals surface area contributed by atoms with Crippen LogP contribution in [-0.2, 0) is 19.6 Å². The van der Waals surface area contributed by atoms with E-state index >= 15 is 0 Å². The molecule has 0 bridgehead atoms. The topological polar surface area (TPSA) is 95.9 Å². The SMILES string of the molecule is C[C@H]1CN(c2nc3ccccc3nc2SCC(=O)N2CCN(S(=O)(=O)c3ccc(F)cc3)CC2)C[C@H](C)O1. The van der Waals surface area contributed by atoms with Gasteiger partial charge in [0.2, 0.25) is 15.9 Å². The molecule has 0 radical (unpaired) electrons. The minimum atomic E-state index is -3.74. The number of halogens is 1. The van der Waals surface area contributed by atoms with E-state index in [1.165, 1.54) is 28.2 Å². The predicted molar refractivity (Wildman–Crippen MR) is 144 cm³/mol. The largest absolute Gasteiger partial charge is 0.372 e. The zero-order valence-electron chi connectivity index (χ0n) is 21.3. The molecular formula is C26H30FN5O4S2. The fourth-order valence-corrected chi connectivity index (χ4v) is 7.11. The summed E-state index contributed by atoms with van der Waals surface area (Å²) >= 11 is 1.35. The van der Waals surface area contributed by atoms with Crippen LogP contribution in [-0.4, -0.2) is 90.7 Å². The molecule has 38 heavy (non-hydrogen) atoms. The molecule has 0 N–H and O–H groups in total. The van der Waals surface area contributed by atoms with Crippen LogP contribution in [0.3, 0.4) is 0 Å². The number of sulfonamides is 1. The molecule has 2 aromatic carbocycles. The van der Waals surface area contributed by atoms with Gasteiger partial charge in [0.15, 0.2) is 5.82 Å². The van der Waals surface area contributed by atoms with Gasteiger partial charge in [0.25, 0.3) is 0 Å². The first-order chi connectivity index (χ1) is 18.2. The molecule has 5 rings (SSSR count). The molecule has 0 saturated carbocycles. The molecule has 3 heterocycles. The second-order valence-electron chi connectivity index (χ2n) is 9.53. The summed E-state index contributed by atoms with van der Waals surface area (Å²) in [5.74, 6) is 0.339. The molecule has 2 saturated heterocycles. The summed E-state index contributed by atoms with van der Waals surface area (Å²) in [4.78, 5) is 26.7. The number of aromatic nitrogens is 2. The molecule has 2 fully saturated rings. The van der Waals surface area contributed by atoms with Crippen molar-refractivity contribution in [2.45, 2.75) is 36.0 Å². The molecule has 2 aliphatic rings. The number of ether oxygens (including phenoxy) is 1. The molecule has 0 spiro atoms. The highest BCUT2D eigenvalue weighted by atomic mass is 32.2. The number of thioether (sulfide) groups is 1. The van der Waals surface area contributed by atoms with Gasteiger partial charge in [-0.1, -0.05) is 23.9 Å². The highest BCUT2D eigenvalue weighted by Crippen LogP contribution is 2.31. The number of rotatable bonds is 6. The second-order valence-corrected chi connectivity index (χ2v) is 12.4. The Morgan fingerprint density at radius 3 is 2.21 bits per heavy atom. The van der Waals surface area contributed by atoms with Crippen LogP contribution in [0.15, 0.2) is 58.5 Å². The first kappa shape index (κ1) is 26.8. The molecule has 12 heteroatoms. The Morgan fingerprint density at radius 1 is 0.974 bits per heavy atom. The van der Waals surface area contributed by atoms with Crippen molar-refractivity contribution in [3.05, 3.63) is 54.3 Å². The van der Waals surface area contributed by atoms with Gasteiger partial charge < -0.3 is 14.5 Å². The molecular weight excluding hydrogens is 529 g/mol. The van der Waals surface area contributed by atoms with E-state index in [4.69, 9.17) is 14.7 Å². The van der Waals surface area contributed by atoms with Crippen LogP contribution >= 0.6 is 11.8 Å².